The molecule has 0 spiro atoms. The number of halogens is 6. The fourth-order valence-electron chi connectivity index (χ4n) is 10.1. The molecular weight excluding hydrogens is 951 g/mol. The monoisotopic (exact) mass is 1030 g/mol. The van der Waals surface area contributed by atoms with E-state index in [9.17, 15) is 26.3 Å². The van der Waals surface area contributed by atoms with Crippen molar-refractivity contribution in [2.24, 2.45) is 0 Å². The molecule has 13 heteroatoms. The van der Waals surface area contributed by atoms with Crippen LogP contribution >= 0.6 is 15.5 Å². The van der Waals surface area contributed by atoms with Crippen molar-refractivity contribution in [3.63, 3.8) is 0 Å². The minimum atomic E-state index is -5.07. The molecule has 0 heterocycles. The zero-order valence-corrected chi connectivity index (χ0v) is 45.6. The highest BCUT2D eigenvalue weighted by Gasteiger charge is 2.50. The highest BCUT2D eigenvalue weighted by atomic mass is 31.2. The summed E-state index contributed by atoms with van der Waals surface area (Å²) in [6.07, 6.45) is 3.59. The molecule has 0 aliphatic carbocycles. The molecule has 0 bridgehead atoms. The summed E-state index contributed by atoms with van der Waals surface area (Å²) in [4.78, 5) is 4.03. The normalized spacial score (nSPS) is 12.7. The maximum absolute atomic E-state index is 14.4. The van der Waals surface area contributed by atoms with Gasteiger partial charge in [0.2, 0.25) is 0 Å². The van der Waals surface area contributed by atoms with Gasteiger partial charge < -0.3 is 9.47 Å². The first-order valence-electron chi connectivity index (χ1n) is 25.6. The van der Waals surface area contributed by atoms with Crippen LogP contribution < -0.4 is 51.2 Å². The molecule has 0 unspecified atom stereocenters. The second-order valence-electron chi connectivity index (χ2n) is 18.7. The van der Waals surface area contributed by atoms with E-state index in [-0.39, 0.29) is 10.6 Å². The summed E-state index contributed by atoms with van der Waals surface area (Å²) in [6.45, 7) is 13.6. The molecule has 5 aromatic carbocycles. The average Bonchev–Trinajstić information content (AvgIpc) is 3.34. The van der Waals surface area contributed by atoms with Gasteiger partial charge in [-0.05, 0) is 60.7 Å². The highest BCUT2D eigenvalue weighted by molar-refractivity contribution is 8.00. The first kappa shape index (κ1) is 56.4. The second-order valence-corrected chi connectivity index (χ2v) is 33.3. The minimum absolute atomic E-state index is 0.0897. The Bertz CT molecular complexity index is 2080. The number of rotatable bonds is 29. The molecule has 5 aromatic rings. The molecule has 0 radical (unpaired) electrons. The number of unbranched alkanes of at least 4 members (excludes halogenated alkanes) is 6. The Labute approximate surface area is 413 Å². The number of alkyl halides is 6. The van der Waals surface area contributed by atoms with Gasteiger partial charge in [-0.3, -0.25) is 0 Å². The van der Waals surface area contributed by atoms with Gasteiger partial charge in [0, 0.05) is 10.6 Å². The Hall–Kier alpha value is -3.47. The Morgan fingerprint density at radius 1 is 0.406 bits per heavy atom. The van der Waals surface area contributed by atoms with Crippen molar-refractivity contribution < 1.29 is 35.8 Å². The maximum Gasteiger partial charge on any atom is 0.573 e. The molecule has 0 aromatic heterocycles. The number of ether oxygens (including phenoxy) is 2. The van der Waals surface area contributed by atoms with Crippen LogP contribution in [0.5, 0.6) is 11.5 Å². The molecule has 0 amide bonds. The lowest BCUT2D eigenvalue weighted by Gasteiger charge is -2.36. The van der Waals surface area contributed by atoms with Crippen molar-refractivity contribution in [1.29, 1.82) is 0 Å². The third-order valence-corrected chi connectivity index (χ3v) is 31.7. The first-order valence-corrected chi connectivity index (χ1v) is 34.0. The molecule has 0 aliphatic heterocycles. The van der Waals surface area contributed by atoms with Crippen molar-refractivity contribution in [3.8, 4) is 11.5 Å². The molecule has 0 saturated heterocycles. The van der Waals surface area contributed by atoms with Gasteiger partial charge in [-0.25, -0.2) is 0 Å². The van der Waals surface area contributed by atoms with Gasteiger partial charge in [0.15, 0.2) is 7.41 Å². The van der Waals surface area contributed by atoms with E-state index in [2.05, 4.69) is 107 Å². The summed E-state index contributed by atoms with van der Waals surface area (Å²) in [5.74, 6) is -0.973. The van der Waals surface area contributed by atoms with Crippen LogP contribution in [0.15, 0.2) is 127 Å². The zero-order chi connectivity index (χ0) is 50.0. The third kappa shape index (κ3) is 15.0. The van der Waals surface area contributed by atoms with Crippen molar-refractivity contribution in [2.45, 2.75) is 168 Å². The molecule has 1 N–H and O–H groups in total. The largest absolute Gasteiger partial charge is 0.573 e. The summed E-state index contributed by atoms with van der Waals surface area (Å²) in [5.41, 5.74) is 0. The molecule has 69 heavy (non-hydrogen) atoms. The van der Waals surface area contributed by atoms with E-state index in [0.29, 0.717) is 0 Å². The Balaban J connectivity index is 1.91. The molecule has 3 nitrogen and oxygen atoms in total. The van der Waals surface area contributed by atoms with Crippen molar-refractivity contribution in [3.05, 3.63) is 127 Å². The first-order chi connectivity index (χ1) is 33.1. The van der Waals surface area contributed by atoms with E-state index in [4.69, 9.17) is 9.47 Å². The molecule has 0 atom stereocenters. The van der Waals surface area contributed by atoms with Crippen LogP contribution in [0.3, 0.4) is 0 Å². The fraction of sp³-hybridized carbons (Fsp3) is 0.464. The SMILES string of the molecule is CCCC[Si](CCCC)(CCCC)c1ccc([P+](NP(c2ccccc2OC(F)(F)F)c2ccccc2OC(F)(F)F)(c2ccccc2)c2ccc([Si](CCCC)(CCCC)CCCC)cc2)cc1. The predicted octanol–water partition coefficient (Wildman–Crippen LogP) is 15.4. The third-order valence-electron chi connectivity index (χ3n) is 13.8. The van der Waals surface area contributed by atoms with Crippen LogP contribution in [-0.4, -0.2) is 28.9 Å². The lowest BCUT2D eigenvalue weighted by Crippen LogP contribution is -2.49. The summed E-state index contributed by atoms with van der Waals surface area (Å²) in [5, 5.41) is 5.79. The number of hydrogen-bond donors (Lipinski definition) is 1. The van der Waals surface area contributed by atoms with E-state index < -0.39 is 55.9 Å². The number of hydrogen-bond acceptors (Lipinski definition) is 3. The number of nitrogens with one attached hydrogen (secondary N) is 1. The van der Waals surface area contributed by atoms with Crippen molar-refractivity contribution in [1.82, 2.24) is 4.86 Å². The topological polar surface area (TPSA) is 30.5 Å². The van der Waals surface area contributed by atoms with Crippen LogP contribution in [0.4, 0.5) is 26.3 Å². The molecule has 5 rings (SSSR count). The van der Waals surface area contributed by atoms with E-state index in [1.54, 1.807) is 12.1 Å². The van der Waals surface area contributed by atoms with Crippen LogP contribution in [0, 0.1) is 0 Å². The van der Waals surface area contributed by atoms with Crippen LogP contribution in [-0.2, 0) is 0 Å². The van der Waals surface area contributed by atoms with Crippen LogP contribution in [0.1, 0.15) is 119 Å². The predicted molar refractivity (Wildman–Crippen MR) is 290 cm³/mol. The molecular formula is C56H76F6NO2P2Si2+. The zero-order valence-electron chi connectivity index (χ0n) is 41.8. The van der Waals surface area contributed by atoms with Gasteiger partial charge in [0.05, 0.1) is 24.2 Å². The van der Waals surface area contributed by atoms with E-state index in [1.807, 2.05) is 18.2 Å². The van der Waals surface area contributed by atoms with Gasteiger partial charge in [0.25, 0.3) is 0 Å². The maximum atomic E-state index is 14.4. The van der Waals surface area contributed by atoms with Crippen molar-refractivity contribution in [2.75, 3.05) is 0 Å². The Morgan fingerprint density at radius 2 is 0.696 bits per heavy atom. The van der Waals surface area contributed by atoms with E-state index in [0.717, 1.165) is 54.4 Å². The lowest BCUT2D eigenvalue weighted by molar-refractivity contribution is -0.275. The molecule has 376 valence electrons. The lowest BCUT2D eigenvalue weighted by atomic mass is 10.3. The van der Waals surface area contributed by atoms with Crippen LogP contribution in [0.25, 0.3) is 0 Å². The smallest absolute Gasteiger partial charge is 0.405 e. The summed E-state index contributed by atoms with van der Waals surface area (Å²) >= 11 is 0. The quantitative estimate of drug-likeness (QED) is 0.0294. The Kier molecular flexibility index (Phi) is 21.9. The van der Waals surface area contributed by atoms with E-state index >= 15 is 0 Å². The number of benzene rings is 5. The molecule has 0 fully saturated rings. The summed E-state index contributed by atoms with van der Waals surface area (Å²) < 4.78 is 95.6. The minimum Gasteiger partial charge on any atom is -0.405 e. The fourth-order valence-corrected chi connectivity index (χ4v) is 28.9. The van der Waals surface area contributed by atoms with Gasteiger partial charge in [-0.2, -0.15) is 0 Å². The second kappa shape index (κ2) is 26.8. The van der Waals surface area contributed by atoms with Gasteiger partial charge in [-0.1, -0.05) is 232 Å². The standard InChI is InChI=1S/C56H76F6NO2P2Si2/c1-7-13-40-68(41-14-8-2,42-15-9-3)49-36-32-47(33-37-49)67(46-26-20-19-21-27-46,48-34-38-50(39-35-48)69(43-16-10-4,44-17-11-5)45-18-12-6)63-66(53-30-24-22-28-51(53)64-55(57,58)59)54-31-25-23-29-52(54)65-56(60,61)62/h19-39,63H,7-18,40-45H2,1-6H3/q+1. The van der Waals surface area contributed by atoms with Gasteiger partial charge >= 0.3 is 12.7 Å². The van der Waals surface area contributed by atoms with Crippen LogP contribution in [0.2, 0.25) is 36.3 Å². The van der Waals surface area contributed by atoms with Gasteiger partial charge in [0.1, 0.15) is 27.4 Å². The average molecular weight is 1030 g/mol. The molecule has 0 aliphatic rings. The van der Waals surface area contributed by atoms with Gasteiger partial charge in [-0.15, -0.1) is 31.2 Å². The number of para-hydroxylation sites is 2. The summed E-state index contributed by atoms with van der Waals surface area (Å²) in [7, 11) is -9.48. The van der Waals surface area contributed by atoms with Crippen molar-refractivity contribution >= 4 is 68.5 Å². The summed E-state index contributed by atoms with van der Waals surface area (Å²) in [6, 6.07) is 47.1. The Morgan fingerprint density at radius 3 is 1.00 bits per heavy atom. The highest BCUT2D eigenvalue weighted by Crippen LogP contribution is 2.59. The van der Waals surface area contributed by atoms with E-state index in [1.165, 1.54) is 122 Å². The molecule has 0 saturated carbocycles.